The summed E-state index contributed by atoms with van der Waals surface area (Å²) >= 11 is 5.65. The summed E-state index contributed by atoms with van der Waals surface area (Å²) < 4.78 is 5.13. The molecule has 0 spiro atoms. The van der Waals surface area contributed by atoms with Gasteiger partial charge in [0.1, 0.15) is 11.1 Å². The number of halogens is 1. The van der Waals surface area contributed by atoms with E-state index in [1.165, 1.54) is 14.0 Å². The summed E-state index contributed by atoms with van der Waals surface area (Å²) in [5.74, 6) is -0.0318. The molecule has 0 heterocycles. The van der Waals surface area contributed by atoms with Gasteiger partial charge >= 0.3 is 0 Å². The van der Waals surface area contributed by atoms with Crippen molar-refractivity contribution in [2.45, 2.75) is 19.2 Å². The Labute approximate surface area is 110 Å². The first-order valence-corrected chi connectivity index (χ1v) is 5.78. The number of rotatable bonds is 4. The van der Waals surface area contributed by atoms with Gasteiger partial charge in [-0.05, 0) is 19.1 Å². The van der Waals surface area contributed by atoms with Crippen molar-refractivity contribution in [3.63, 3.8) is 0 Å². The quantitative estimate of drug-likeness (QED) is 0.825. The smallest absolute Gasteiger partial charge is 0.242 e. The Morgan fingerprint density at radius 3 is 2.50 bits per heavy atom. The molecule has 1 aromatic rings. The van der Waals surface area contributed by atoms with Crippen LogP contribution in [0.3, 0.4) is 0 Å². The maximum atomic E-state index is 11.4. The molecule has 98 valence electrons. The number of anilines is 2. The van der Waals surface area contributed by atoms with Crippen molar-refractivity contribution in [1.82, 2.24) is 0 Å². The third-order valence-corrected chi connectivity index (χ3v) is 2.34. The molecule has 1 atom stereocenters. The second kappa shape index (κ2) is 6.26. The lowest BCUT2D eigenvalue weighted by Gasteiger charge is -2.12. The molecule has 18 heavy (non-hydrogen) atoms. The van der Waals surface area contributed by atoms with E-state index in [4.69, 9.17) is 16.3 Å². The summed E-state index contributed by atoms with van der Waals surface area (Å²) in [6, 6.07) is 4.92. The van der Waals surface area contributed by atoms with Gasteiger partial charge in [0.2, 0.25) is 11.8 Å². The van der Waals surface area contributed by atoms with Gasteiger partial charge in [0, 0.05) is 18.7 Å². The van der Waals surface area contributed by atoms with Gasteiger partial charge in [-0.2, -0.15) is 0 Å². The van der Waals surface area contributed by atoms with Gasteiger partial charge in [0.05, 0.1) is 12.8 Å². The van der Waals surface area contributed by atoms with Gasteiger partial charge < -0.3 is 15.4 Å². The first-order valence-electron chi connectivity index (χ1n) is 5.34. The minimum absolute atomic E-state index is 0.195. The van der Waals surface area contributed by atoms with Crippen molar-refractivity contribution in [1.29, 1.82) is 0 Å². The molecule has 2 N–H and O–H groups in total. The topological polar surface area (TPSA) is 67.4 Å². The Hall–Kier alpha value is -1.75. The van der Waals surface area contributed by atoms with E-state index in [2.05, 4.69) is 10.6 Å². The fourth-order valence-electron chi connectivity index (χ4n) is 1.30. The maximum Gasteiger partial charge on any atom is 0.242 e. The van der Waals surface area contributed by atoms with Crippen LogP contribution in [0.1, 0.15) is 13.8 Å². The average molecular weight is 271 g/mol. The Kier molecular flexibility index (Phi) is 4.97. The van der Waals surface area contributed by atoms with Crippen molar-refractivity contribution >= 4 is 34.8 Å². The van der Waals surface area contributed by atoms with Gasteiger partial charge in [-0.1, -0.05) is 0 Å². The van der Waals surface area contributed by atoms with Crippen LogP contribution in [0.25, 0.3) is 0 Å². The van der Waals surface area contributed by atoms with E-state index in [0.717, 1.165) is 0 Å². The van der Waals surface area contributed by atoms with Gasteiger partial charge in [0.15, 0.2) is 0 Å². The number of hydrogen-bond acceptors (Lipinski definition) is 3. The van der Waals surface area contributed by atoms with E-state index in [9.17, 15) is 9.59 Å². The Morgan fingerprint density at radius 2 is 2.00 bits per heavy atom. The highest BCUT2D eigenvalue weighted by Gasteiger charge is 2.11. The van der Waals surface area contributed by atoms with Gasteiger partial charge in [0.25, 0.3) is 0 Å². The molecule has 5 nitrogen and oxygen atoms in total. The predicted molar refractivity (Wildman–Crippen MR) is 71.2 cm³/mol. The van der Waals surface area contributed by atoms with Crippen molar-refractivity contribution in [3.05, 3.63) is 18.2 Å². The first-order chi connectivity index (χ1) is 8.43. The predicted octanol–water partition coefficient (Wildman–Crippen LogP) is 2.22. The molecule has 0 aromatic heterocycles. The minimum atomic E-state index is -0.619. The summed E-state index contributed by atoms with van der Waals surface area (Å²) in [4.78, 5) is 22.4. The normalized spacial score (nSPS) is 11.6. The fourth-order valence-corrected chi connectivity index (χ4v) is 1.36. The molecule has 0 aliphatic rings. The van der Waals surface area contributed by atoms with Crippen molar-refractivity contribution in [2.75, 3.05) is 17.7 Å². The van der Waals surface area contributed by atoms with E-state index in [1.54, 1.807) is 25.1 Å². The largest absolute Gasteiger partial charge is 0.494 e. The van der Waals surface area contributed by atoms with Crippen molar-refractivity contribution in [2.24, 2.45) is 0 Å². The molecule has 0 bridgehead atoms. The average Bonchev–Trinajstić information content (AvgIpc) is 2.30. The Bertz CT molecular complexity index is 461. The highest BCUT2D eigenvalue weighted by Crippen LogP contribution is 2.28. The zero-order valence-electron chi connectivity index (χ0n) is 10.4. The number of methoxy groups -OCH3 is 1. The van der Waals surface area contributed by atoms with Crippen molar-refractivity contribution in [3.8, 4) is 5.75 Å². The number of alkyl halides is 1. The molecule has 0 aliphatic carbocycles. The van der Waals surface area contributed by atoms with Gasteiger partial charge in [-0.15, -0.1) is 11.6 Å². The van der Waals surface area contributed by atoms with Crippen LogP contribution in [-0.2, 0) is 9.59 Å². The molecule has 1 unspecified atom stereocenters. The highest BCUT2D eigenvalue weighted by atomic mass is 35.5. The molecule has 0 radical (unpaired) electrons. The van der Waals surface area contributed by atoms with Crippen molar-refractivity contribution < 1.29 is 14.3 Å². The third-order valence-electron chi connectivity index (χ3n) is 2.14. The lowest BCUT2D eigenvalue weighted by Crippen LogP contribution is -2.20. The van der Waals surface area contributed by atoms with Crippen LogP contribution in [0.4, 0.5) is 11.4 Å². The van der Waals surface area contributed by atoms with E-state index >= 15 is 0 Å². The molecule has 0 saturated carbocycles. The third kappa shape index (κ3) is 3.92. The Morgan fingerprint density at radius 1 is 1.33 bits per heavy atom. The van der Waals surface area contributed by atoms with Crippen LogP contribution < -0.4 is 15.4 Å². The summed E-state index contributed by atoms with van der Waals surface area (Å²) in [6.45, 7) is 2.99. The van der Waals surface area contributed by atoms with Gasteiger partial charge in [-0.3, -0.25) is 9.59 Å². The number of benzene rings is 1. The lowest BCUT2D eigenvalue weighted by atomic mass is 10.2. The molecular weight excluding hydrogens is 256 g/mol. The van der Waals surface area contributed by atoms with Crippen LogP contribution in [-0.4, -0.2) is 24.3 Å². The zero-order chi connectivity index (χ0) is 13.7. The summed E-state index contributed by atoms with van der Waals surface area (Å²) in [7, 11) is 1.48. The number of nitrogens with one attached hydrogen (secondary N) is 2. The lowest BCUT2D eigenvalue weighted by molar-refractivity contribution is -0.116. The van der Waals surface area contributed by atoms with Crippen LogP contribution in [0.5, 0.6) is 5.75 Å². The SMILES string of the molecule is COc1cc(NC(=O)C(C)Cl)ccc1NC(C)=O. The maximum absolute atomic E-state index is 11.4. The van der Waals surface area contributed by atoms with Crippen LogP contribution in [0.15, 0.2) is 18.2 Å². The molecule has 2 amide bonds. The van der Waals surface area contributed by atoms with Crippen LogP contribution in [0.2, 0.25) is 0 Å². The van der Waals surface area contributed by atoms with E-state index in [0.29, 0.717) is 17.1 Å². The molecule has 0 fully saturated rings. The van der Waals surface area contributed by atoms with Gasteiger partial charge in [-0.25, -0.2) is 0 Å². The number of amides is 2. The van der Waals surface area contributed by atoms with E-state index in [-0.39, 0.29) is 11.8 Å². The Balaban J connectivity index is 2.91. The number of carbonyl (C=O) groups excluding carboxylic acids is 2. The molecule has 1 rings (SSSR count). The van der Waals surface area contributed by atoms with E-state index in [1.807, 2.05) is 0 Å². The number of carbonyl (C=O) groups is 2. The zero-order valence-corrected chi connectivity index (χ0v) is 11.2. The molecule has 0 saturated heterocycles. The molecule has 0 aliphatic heterocycles. The summed E-state index contributed by atoms with van der Waals surface area (Å²) in [6.07, 6.45) is 0. The van der Waals surface area contributed by atoms with E-state index < -0.39 is 5.38 Å². The number of hydrogen-bond donors (Lipinski definition) is 2. The van der Waals surface area contributed by atoms with Crippen LogP contribution >= 0.6 is 11.6 Å². The molecule has 1 aromatic carbocycles. The molecular formula is C12H15ClN2O3. The first kappa shape index (κ1) is 14.3. The second-order valence-electron chi connectivity index (χ2n) is 3.70. The molecule has 6 heteroatoms. The monoisotopic (exact) mass is 270 g/mol. The standard InChI is InChI=1S/C12H15ClN2O3/c1-7(13)12(17)15-9-4-5-10(14-8(2)16)11(6-9)18-3/h4-7H,1-3H3,(H,14,16)(H,15,17). The fraction of sp³-hybridized carbons (Fsp3) is 0.333. The summed E-state index contributed by atoms with van der Waals surface area (Å²) in [5.41, 5.74) is 1.10. The van der Waals surface area contributed by atoms with Crippen LogP contribution in [0, 0.1) is 0 Å². The number of ether oxygens (including phenoxy) is 1. The second-order valence-corrected chi connectivity index (χ2v) is 4.36. The minimum Gasteiger partial charge on any atom is -0.494 e. The summed E-state index contributed by atoms with van der Waals surface area (Å²) in [5, 5.41) is 4.64. The highest BCUT2D eigenvalue weighted by molar-refractivity contribution is 6.32.